The third kappa shape index (κ3) is 4.06. The predicted molar refractivity (Wildman–Crippen MR) is 67.5 cm³/mol. The van der Waals surface area contributed by atoms with Gasteiger partial charge in [0, 0.05) is 10.5 Å². The Bertz CT molecular complexity index is 338. The first-order chi connectivity index (χ1) is 7.13. The maximum atomic E-state index is 5.53. The van der Waals surface area contributed by atoms with Crippen LogP contribution >= 0.6 is 15.9 Å². The van der Waals surface area contributed by atoms with Crippen LogP contribution in [0, 0.1) is 0 Å². The second-order valence-corrected chi connectivity index (χ2v) is 4.51. The average molecular weight is 270 g/mol. The Morgan fingerprint density at radius 1 is 1.60 bits per heavy atom. The lowest BCUT2D eigenvalue weighted by Gasteiger charge is -2.12. The molecule has 15 heavy (non-hydrogen) atoms. The molecule has 0 spiro atoms. The molecule has 0 radical (unpaired) electrons. The highest BCUT2D eigenvalue weighted by atomic mass is 79.9. The van der Waals surface area contributed by atoms with Crippen molar-refractivity contribution in [3.05, 3.63) is 40.9 Å². The lowest BCUT2D eigenvalue weighted by atomic mass is 10.1. The summed E-state index contributed by atoms with van der Waals surface area (Å²) in [5.41, 5.74) is 1.22. The van der Waals surface area contributed by atoms with Gasteiger partial charge in [-0.2, -0.15) is 0 Å². The van der Waals surface area contributed by atoms with Crippen molar-refractivity contribution in [1.29, 1.82) is 0 Å². The monoisotopic (exact) mass is 269 g/mol. The molecule has 0 heterocycles. The van der Waals surface area contributed by atoms with Gasteiger partial charge >= 0.3 is 0 Å². The first kappa shape index (κ1) is 12.3. The van der Waals surface area contributed by atoms with E-state index in [0.717, 1.165) is 10.2 Å². The van der Waals surface area contributed by atoms with Crippen LogP contribution in [0.15, 0.2) is 35.3 Å². The summed E-state index contributed by atoms with van der Waals surface area (Å²) in [6.45, 7) is 6.33. The maximum absolute atomic E-state index is 5.53. The highest BCUT2D eigenvalue weighted by Gasteiger charge is 2.03. The van der Waals surface area contributed by atoms with Crippen LogP contribution in [0.2, 0.25) is 0 Å². The van der Waals surface area contributed by atoms with Gasteiger partial charge in [0.15, 0.2) is 0 Å². The minimum absolute atomic E-state index is 0.334. The standard InChI is InChI=1S/C12H16BrNO/c1-9(13)8-15-12-6-4-5-11(7-12)10(2)14-3/h4-7,10,14H,1,8H2,2-3H3. The van der Waals surface area contributed by atoms with Crippen molar-refractivity contribution in [1.82, 2.24) is 5.32 Å². The number of ether oxygens (including phenoxy) is 1. The Labute approximate surface area is 99.5 Å². The fourth-order valence-electron chi connectivity index (χ4n) is 1.20. The molecule has 0 fully saturated rings. The summed E-state index contributed by atoms with van der Waals surface area (Å²) in [7, 11) is 1.94. The van der Waals surface area contributed by atoms with E-state index in [-0.39, 0.29) is 0 Å². The van der Waals surface area contributed by atoms with E-state index in [1.165, 1.54) is 5.56 Å². The zero-order valence-corrected chi connectivity index (χ0v) is 10.7. The molecule has 82 valence electrons. The van der Waals surface area contributed by atoms with Gasteiger partial charge in [0.05, 0.1) is 0 Å². The summed E-state index contributed by atoms with van der Waals surface area (Å²) in [6.07, 6.45) is 0. The first-order valence-corrected chi connectivity index (χ1v) is 5.66. The summed E-state index contributed by atoms with van der Waals surface area (Å²) < 4.78 is 6.37. The van der Waals surface area contributed by atoms with Gasteiger partial charge in [0.1, 0.15) is 12.4 Å². The van der Waals surface area contributed by atoms with E-state index in [2.05, 4.69) is 40.8 Å². The minimum atomic E-state index is 0.334. The van der Waals surface area contributed by atoms with E-state index >= 15 is 0 Å². The summed E-state index contributed by atoms with van der Waals surface area (Å²) in [5, 5.41) is 3.19. The molecule has 0 aliphatic rings. The van der Waals surface area contributed by atoms with Gasteiger partial charge in [-0.05, 0) is 31.7 Å². The van der Waals surface area contributed by atoms with Crippen molar-refractivity contribution in [3.63, 3.8) is 0 Å². The number of halogens is 1. The topological polar surface area (TPSA) is 21.3 Å². The van der Waals surface area contributed by atoms with E-state index in [1.54, 1.807) is 0 Å². The van der Waals surface area contributed by atoms with Crippen LogP contribution in [0.4, 0.5) is 0 Å². The molecule has 1 aromatic rings. The van der Waals surface area contributed by atoms with Crippen molar-refractivity contribution in [2.45, 2.75) is 13.0 Å². The normalized spacial score (nSPS) is 12.2. The number of hydrogen-bond donors (Lipinski definition) is 1. The smallest absolute Gasteiger partial charge is 0.120 e. The molecule has 0 aliphatic carbocycles. The van der Waals surface area contributed by atoms with E-state index in [1.807, 2.05) is 25.2 Å². The molecule has 0 saturated heterocycles. The minimum Gasteiger partial charge on any atom is -0.488 e. The van der Waals surface area contributed by atoms with Crippen molar-refractivity contribution >= 4 is 15.9 Å². The van der Waals surface area contributed by atoms with Crippen LogP contribution in [0.5, 0.6) is 5.75 Å². The van der Waals surface area contributed by atoms with Crippen molar-refractivity contribution < 1.29 is 4.74 Å². The third-order valence-electron chi connectivity index (χ3n) is 2.19. The fraction of sp³-hybridized carbons (Fsp3) is 0.333. The first-order valence-electron chi connectivity index (χ1n) is 4.86. The van der Waals surface area contributed by atoms with Gasteiger partial charge in [0.25, 0.3) is 0 Å². The van der Waals surface area contributed by atoms with Crippen molar-refractivity contribution in [2.24, 2.45) is 0 Å². The Balaban J connectivity index is 2.69. The Kier molecular flexibility index (Phi) is 4.85. The fourth-order valence-corrected chi connectivity index (χ4v) is 1.32. The lowest BCUT2D eigenvalue weighted by molar-refractivity contribution is 0.360. The molecule has 1 N–H and O–H groups in total. The number of benzene rings is 1. The molecule has 1 aromatic carbocycles. The van der Waals surface area contributed by atoms with Gasteiger partial charge in [-0.25, -0.2) is 0 Å². The molecule has 0 bridgehead atoms. The molecule has 0 aliphatic heterocycles. The molecule has 0 saturated carbocycles. The van der Waals surface area contributed by atoms with Gasteiger partial charge in [-0.15, -0.1) is 0 Å². The second-order valence-electron chi connectivity index (χ2n) is 3.39. The summed E-state index contributed by atoms with van der Waals surface area (Å²) >= 11 is 3.26. The maximum Gasteiger partial charge on any atom is 0.120 e. The average Bonchev–Trinajstić information content (AvgIpc) is 2.25. The van der Waals surface area contributed by atoms with Gasteiger partial charge < -0.3 is 10.1 Å². The predicted octanol–water partition coefficient (Wildman–Crippen LogP) is 3.25. The van der Waals surface area contributed by atoms with E-state index in [9.17, 15) is 0 Å². The highest BCUT2D eigenvalue weighted by molar-refractivity contribution is 9.11. The molecular formula is C12H16BrNO. The van der Waals surface area contributed by atoms with Crippen LogP contribution in [0.25, 0.3) is 0 Å². The Morgan fingerprint density at radius 3 is 2.93 bits per heavy atom. The quantitative estimate of drug-likeness (QED) is 0.886. The SMILES string of the molecule is C=C(Br)COc1cccc(C(C)NC)c1. The number of nitrogens with one attached hydrogen (secondary N) is 1. The molecule has 3 heteroatoms. The van der Waals surface area contributed by atoms with Crippen LogP contribution in [0.3, 0.4) is 0 Å². The zero-order valence-electron chi connectivity index (χ0n) is 9.09. The van der Waals surface area contributed by atoms with Crippen molar-refractivity contribution in [2.75, 3.05) is 13.7 Å². The van der Waals surface area contributed by atoms with Gasteiger partial charge in [-0.1, -0.05) is 34.6 Å². The van der Waals surface area contributed by atoms with Crippen molar-refractivity contribution in [3.8, 4) is 5.75 Å². The van der Waals surface area contributed by atoms with Crippen LogP contribution in [0.1, 0.15) is 18.5 Å². The second kappa shape index (κ2) is 5.93. The molecule has 2 nitrogen and oxygen atoms in total. The Hall–Kier alpha value is -0.800. The highest BCUT2D eigenvalue weighted by Crippen LogP contribution is 2.19. The molecular weight excluding hydrogens is 254 g/mol. The van der Waals surface area contributed by atoms with Crippen LogP contribution < -0.4 is 10.1 Å². The van der Waals surface area contributed by atoms with E-state index in [0.29, 0.717) is 12.6 Å². The molecule has 0 amide bonds. The van der Waals surface area contributed by atoms with Gasteiger partial charge in [-0.3, -0.25) is 0 Å². The largest absolute Gasteiger partial charge is 0.488 e. The third-order valence-corrected chi connectivity index (χ3v) is 2.42. The number of hydrogen-bond acceptors (Lipinski definition) is 2. The Morgan fingerprint density at radius 2 is 2.33 bits per heavy atom. The zero-order chi connectivity index (χ0) is 11.3. The van der Waals surface area contributed by atoms with Crippen LogP contribution in [-0.2, 0) is 0 Å². The number of rotatable bonds is 5. The lowest BCUT2D eigenvalue weighted by Crippen LogP contribution is -2.12. The van der Waals surface area contributed by atoms with E-state index < -0.39 is 0 Å². The molecule has 1 atom stereocenters. The molecule has 0 aromatic heterocycles. The molecule has 1 unspecified atom stereocenters. The molecule has 1 rings (SSSR count). The summed E-state index contributed by atoms with van der Waals surface area (Å²) in [5.74, 6) is 0.871. The van der Waals surface area contributed by atoms with Crippen LogP contribution in [-0.4, -0.2) is 13.7 Å². The summed E-state index contributed by atoms with van der Waals surface area (Å²) in [4.78, 5) is 0. The summed E-state index contributed by atoms with van der Waals surface area (Å²) in [6, 6.07) is 8.39. The van der Waals surface area contributed by atoms with Gasteiger partial charge in [0.2, 0.25) is 0 Å². The van der Waals surface area contributed by atoms with E-state index in [4.69, 9.17) is 4.74 Å².